The van der Waals surface area contributed by atoms with E-state index in [4.69, 9.17) is 15.0 Å². The Bertz CT molecular complexity index is 4020. The monoisotopic (exact) mass is 780 g/mol. The standard InChI is InChI=1S/C54H32N6O/c61-53-41-23-10-8-21-39(41)49-38-20-7-9-22-40(38)51-55-45-32-35(28-30-48(45)60(51)52(49)58(53)36-17-5-2-6-18-36)34-27-29-47-43(31-34)37-19-12-14-26-46(37)59(47)54-56-44-25-13-11-24-42(44)50(57-54)33-15-3-1-4-16-33/h1-32H. The van der Waals surface area contributed by atoms with Gasteiger partial charge in [0.1, 0.15) is 11.3 Å². The van der Waals surface area contributed by atoms with Gasteiger partial charge in [-0.15, -0.1) is 0 Å². The molecule has 61 heavy (non-hydrogen) atoms. The highest BCUT2D eigenvalue weighted by Crippen LogP contribution is 2.39. The zero-order valence-electron chi connectivity index (χ0n) is 32.6. The van der Waals surface area contributed by atoms with E-state index in [0.29, 0.717) is 11.3 Å². The number of hydrogen-bond donors (Lipinski definition) is 0. The van der Waals surface area contributed by atoms with Crippen molar-refractivity contribution in [3.63, 3.8) is 0 Å². The Labute approximate surface area is 347 Å². The van der Waals surface area contributed by atoms with Crippen LogP contribution in [0.5, 0.6) is 0 Å². The molecule has 0 aliphatic carbocycles. The van der Waals surface area contributed by atoms with Crippen molar-refractivity contribution in [2.45, 2.75) is 0 Å². The van der Waals surface area contributed by atoms with Gasteiger partial charge in [-0.3, -0.25) is 18.3 Å². The summed E-state index contributed by atoms with van der Waals surface area (Å²) in [4.78, 5) is 30.3. The molecule has 0 aliphatic heterocycles. The first kappa shape index (κ1) is 33.5. The lowest BCUT2D eigenvalue weighted by atomic mass is 10.0. The summed E-state index contributed by atoms with van der Waals surface area (Å²) >= 11 is 0. The molecule has 0 radical (unpaired) electrons. The maximum Gasteiger partial charge on any atom is 0.264 e. The van der Waals surface area contributed by atoms with Crippen molar-refractivity contribution in [2.24, 2.45) is 0 Å². The second-order valence-electron chi connectivity index (χ2n) is 15.6. The van der Waals surface area contributed by atoms with Gasteiger partial charge in [0.25, 0.3) is 5.56 Å². The molecular formula is C54H32N6O. The van der Waals surface area contributed by atoms with Crippen LogP contribution in [0.25, 0.3) is 116 Å². The topological polar surface area (TPSA) is 70.0 Å². The highest BCUT2D eigenvalue weighted by molar-refractivity contribution is 6.22. The molecule has 8 aromatic carbocycles. The van der Waals surface area contributed by atoms with Crippen LogP contribution in [0, 0.1) is 0 Å². The van der Waals surface area contributed by atoms with E-state index in [2.05, 4.69) is 124 Å². The molecule has 0 unspecified atom stereocenters. The van der Waals surface area contributed by atoms with E-state index in [9.17, 15) is 4.79 Å². The Hall–Kier alpha value is -8.42. The third kappa shape index (κ3) is 4.86. The van der Waals surface area contributed by atoms with Crippen LogP contribution >= 0.6 is 0 Å². The first-order chi connectivity index (χ1) is 30.2. The maximum absolute atomic E-state index is 14.6. The van der Waals surface area contributed by atoms with Crippen LogP contribution < -0.4 is 5.56 Å². The number of rotatable bonds is 4. The first-order valence-corrected chi connectivity index (χ1v) is 20.4. The SMILES string of the molecule is O=c1c2ccccc2c2c3ccccc3c3nc4cc(-c5ccc6c(c5)c5ccccc5n6-c5nc(-c6ccccc6)c6ccccc6n5)ccc4n3c2n1-c1ccccc1. The van der Waals surface area contributed by atoms with Crippen LogP contribution in [-0.2, 0) is 0 Å². The minimum absolute atomic E-state index is 0.0674. The van der Waals surface area contributed by atoms with Gasteiger partial charge in [0.15, 0.2) is 0 Å². The Kier molecular flexibility index (Phi) is 7.03. The van der Waals surface area contributed by atoms with Crippen molar-refractivity contribution in [1.29, 1.82) is 0 Å². The van der Waals surface area contributed by atoms with E-state index < -0.39 is 0 Å². The molecule has 0 aliphatic rings. The van der Waals surface area contributed by atoms with E-state index in [1.807, 2.05) is 83.4 Å². The maximum atomic E-state index is 14.6. The van der Waals surface area contributed by atoms with Crippen molar-refractivity contribution in [1.82, 2.24) is 28.5 Å². The second-order valence-corrected chi connectivity index (χ2v) is 15.6. The minimum Gasteiger partial charge on any atom is -0.278 e. The molecule has 13 rings (SSSR count). The fourth-order valence-electron chi connectivity index (χ4n) is 9.53. The lowest BCUT2D eigenvalue weighted by Gasteiger charge is -2.17. The zero-order valence-corrected chi connectivity index (χ0v) is 32.6. The molecule has 0 saturated carbocycles. The normalized spacial score (nSPS) is 12.0. The highest BCUT2D eigenvalue weighted by atomic mass is 16.1. The van der Waals surface area contributed by atoms with Crippen molar-refractivity contribution < 1.29 is 0 Å². The summed E-state index contributed by atoms with van der Waals surface area (Å²) < 4.78 is 6.23. The van der Waals surface area contributed by atoms with Gasteiger partial charge in [-0.2, -0.15) is 0 Å². The number of benzene rings is 8. The van der Waals surface area contributed by atoms with Crippen LogP contribution in [-0.4, -0.2) is 28.5 Å². The smallest absolute Gasteiger partial charge is 0.264 e. The first-order valence-electron chi connectivity index (χ1n) is 20.4. The largest absolute Gasteiger partial charge is 0.278 e. The van der Waals surface area contributed by atoms with E-state index in [-0.39, 0.29) is 5.56 Å². The van der Waals surface area contributed by atoms with Gasteiger partial charge in [-0.05, 0) is 76.5 Å². The molecule has 7 nitrogen and oxygen atoms in total. The number of aromatic nitrogens is 6. The van der Waals surface area contributed by atoms with Crippen LogP contribution in [0.4, 0.5) is 0 Å². The van der Waals surface area contributed by atoms with Gasteiger partial charge in [0, 0.05) is 37.9 Å². The van der Waals surface area contributed by atoms with Crippen molar-refractivity contribution in [3.8, 4) is 34.0 Å². The minimum atomic E-state index is -0.0674. The molecule has 0 spiro atoms. The van der Waals surface area contributed by atoms with Crippen LogP contribution in [0.1, 0.15) is 0 Å². The van der Waals surface area contributed by atoms with Gasteiger partial charge >= 0.3 is 0 Å². The molecule has 13 aromatic rings. The summed E-state index contributed by atoms with van der Waals surface area (Å²) in [5.74, 6) is 0.629. The molecule has 0 N–H and O–H groups in total. The number of pyridine rings is 2. The van der Waals surface area contributed by atoms with Gasteiger partial charge in [-0.25, -0.2) is 15.0 Å². The van der Waals surface area contributed by atoms with Gasteiger partial charge in [-0.1, -0.05) is 140 Å². The third-order valence-corrected chi connectivity index (χ3v) is 12.2. The molecular weight excluding hydrogens is 749 g/mol. The number of hydrogen-bond acceptors (Lipinski definition) is 4. The van der Waals surface area contributed by atoms with Crippen molar-refractivity contribution in [3.05, 3.63) is 204 Å². The summed E-state index contributed by atoms with van der Waals surface area (Å²) in [6, 6.07) is 66.4. The summed E-state index contributed by atoms with van der Waals surface area (Å²) in [6.07, 6.45) is 0. The van der Waals surface area contributed by atoms with E-state index in [1.165, 1.54) is 0 Å². The lowest BCUT2D eigenvalue weighted by Crippen LogP contribution is -2.21. The van der Waals surface area contributed by atoms with Gasteiger partial charge in [0.05, 0.1) is 39.0 Å². The number of para-hydroxylation sites is 3. The molecule has 5 aromatic heterocycles. The van der Waals surface area contributed by atoms with E-state index >= 15 is 0 Å². The molecule has 7 heteroatoms. The fraction of sp³-hybridized carbons (Fsp3) is 0. The molecule has 0 saturated heterocycles. The second kappa shape index (κ2) is 12.8. The molecule has 284 valence electrons. The predicted molar refractivity (Wildman–Crippen MR) is 249 cm³/mol. The molecule has 0 bridgehead atoms. The quantitative estimate of drug-likeness (QED) is 0.167. The summed E-state index contributed by atoms with van der Waals surface area (Å²) in [6.45, 7) is 0. The van der Waals surface area contributed by atoms with E-state index in [1.54, 1.807) is 0 Å². The van der Waals surface area contributed by atoms with Crippen molar-refractivity contribution in [2.75, 3.05) is 0 Å². The van der Waals surface area contributed by atoms with Crippen LogP contribution in [0.15, 0.2) is 199 Å². The van der Waals surface area contributed by atoms with Gasteiger partial charge in [0.2, 0.25) is 5.95 Å². The van der Waals surface area contributed by atoms with Crippen LogP contribution in [0.2, 0.25) is 0 Å². The average molecular weight is 781 g/mol. The van der Waals surface area contributed by atoms with Gasteiger partial charge < -0.3 is 0 Å². The number of imidazole rings is 1. The average Bonchev–Trinajstić information content (AvgIpc) is 3.88. The molecule has 0 amide bonds. The summed E-state index contributed by atoms with van der Waals surface area (Å²) in [7, 11) is 0. The van der Waals surface area contributed by atoms with E-state index in [0.717, 1.165) is 105 Å². The number of nitrogens with zero attached hydrogens (tertiary/aromatic N) is 6. The Balaban J connectivity index is 1.05. The zero-order chi connectivity index (χ0) is 40.2. The highest BCUT2D eigenvalue weighted by Gasteiger charge is 2.22. The van der Waals surface area contributed by atoms with Crippen LogP contribution in [0.3, 0.4) is 0 Å². The Morgan fingerprint density at radius 3 is 1.75 bits per heavy atom. The summed E-state index contributed by atoms with van der Waals surface area (Å²) in [5, 5.41) is 7.93. The Morgan fingerprint density at radius 1 is 0.377 bits per heavy atom. The lowest BCUT2D eigenvalue weighted by molar-refractivity contribution is 1.01. The summed E-state index contributed by atoms with van der Waals surface area (Å²) in [5.41, 5.74) is 11.1. The molecule has 0 atom stereocenters. The fourth-order valence-corrected chi connectivity index (χ4v) is 9.53. The predicted octanol–water partition coefficient (Wildman–Crippen LogP) is 12.5. The molecule has 0 fully saturated rings. The number of fused-ring (bicyclic) bond motifs is 14. The van der Waals surface area contributed by atoms with Crippen molar-refractivity contribution >= 4 is 82.0 Å². The molecule has 5 heterocycles. The third-order valence-electron chi connectivity index (χ3n) is 12.2. The Morgan fingerprint density at radius 2 is 0.967 bits per heavy atom.